The summed E-state index contributed by atoms with van der Waals surface area (Å²) < 4.78 is 39.2. The number of methoxy groups -OCH3 is 8. The first kappa shape index (κ1) is 78.5. The largest absolute Gasteiger partial charge is 0.496 e. The van der Waals surface area contributed by atoms with E-state index in [1.165, 1.54) is 124 Å². The van der Waals surface area contributed by atoms with E-state index < -0.39 is 160 Å². The number of carboxylic acid groups (broad SMARTS) is 4. The molecule has 0 bridgehead atoms. The summed E-state index contributed by atoms with van der Waals surface area (Å²) in [4.78, 5) is 152. The summed E-state index contributed by atoms with van der Waals surface area (Å²) in [7, 11) is 11.5. The Bertz CT molecular complexity index is 3550. The van der Waals surface area contributed by atoms with Gasteiger partial charge in [0.25, 0.3) is 23.6 Å². The van der Waals surface area contributed by atoms with Crippen LogP contribution >= 0.6 is 47.0 Å². The number of ether oxygens (including phenoxy) is 8. The third-order valence-electron chi connectivity index (χ3n) is 18.5. The smallest absolute Gasteiger partial charge is 0.327 e. The first-order chi connectivity index (χ1) is 48.9. The molecule has 36 heteroatoms. The molecule has 0 unspecified atom stereocenters. The number of carbonyl (C=O) groups excluding carboxylic acids is 8. The van der Waals surface area contributed by atoms with Crippen LogP contribution in [0.25, 0.3) is 0 Å². The molecule has 4 aromatic rings. The van der Waals surface area contributed by atoms with E-state index >= 15 is 0 Å². The number of fused-ring (bicyclic) bond motifs is 4. The Kier molecular flexibility index (Phi) is 22.8. The Labute approximate surface area is 613 Å². The molecule has 4 aromatic carbocycles. The highest BCUT2D eigenvalue weighted by molar-refractivity contribution is 8.02. The summed E-state index contributed by atoms with van der Waals surface area (Å²) in [5.74, 6) is -5.19. The molecule has 8 amide bonds. The van der Waals surface area contributed by atoms with Crippen LogP contribution < -0.4 is 59.2 Å². The number of hydrogen-bond acceptors (Lipinski definition) is 24. The van der Waals surface area contributed by atoms with E-state index in [2.05, 4.69) is 21.3 Å². The number of β-lactam (4-membered cyclic amide) rings is 4. The summed E-state index contributed by atoms with van der Waals surface area (Å²) >= 11 is 5.48. The lowest BCUT2D eigenvalue weighted by molar-refractivity contribution is -0.159. The monoisotopic (exact) mass is 1520 g/mol. The highest BCUT2D eigenvalue weighted by Crippen LogP contribution is 2.55. The van der Waals surface area contributed by atoms with Gasteiger partial charge in [0.15, 0.2) is 0 Å². The van der Waals surface area contributed by atoms with E-state index in [1.807, 2.05) is 0 Å². The molecule has 0 radical (unpaired) electrons. The van der Waals surface area contributed by atoms with Gasteiger partial charge >= 0.3 is 23.9 Å². The molecule has 8 aliphatic heterocycles. The fourth-order valence-electron chi connectivity index (χ4n) is 13.7. The number of carboxylic acids is 4. The first-order valence-corrected chi connectivity index (χ1v) is 35.4. The van der Waals surface area contributed by atoms with Crippen molar-refractivity contribution in [2.45, 2.75) is 144 Å². The van der Waals surface area contributed by atoms with Crippen molar-refractivity contribution >= 4 is 118 Å². The first-order valence-electron chi connectivity index (χ1n) is 31.9. The third kappa shape index (κ3) is 14.0. The maximum atomic E-state index is 12.8. The number of benzene rings is 4. The second-order valence-corrected chi connectivity index (χ2v) is 33.4. The molecular formula is C68H80N8O24S4. The van der Waals surface area contributed by atoms with Gasteiger partial charge in [0.05, 0.1) is 56.9 Å². The van der Waals surface area contributed by atoms with Crippen LogP contribution in [0.2, 0.25) is 0 Å². The molecule has 104 heavy (non-hydrogen) atoms. The molecule has 8 N–H and O–H groups in total. The molecule has 12 rings (SSSR count). The molecule has 560 valence electrons. The van der Waals surface area contributed by atoms with Crippen molar-refractivity contribution in [1.29, 1.82) is 0 Å². The summed E-state index contributed by atoms with van der Waals surface area (Å²) in [6.45, 7) is 14.3. The minimum absolute atomic E-state index is 0.195. The van der Waals surface area contributed by atoms with E-state index in [9.17, 15) is 78.0 Å². The van der Waals surface area contributed by atoms with E-state index in [4.69, 9.17) is 37.9 Å². The Morgan fingerprint density at radius 1 is 0.308 bits per heavy atom. The van der Waals surface area contributed by atoms with Gasteiger partial charge in [0.1, 0.15) is 138 Å². The summed E-state index contributed by atoms with van der Waals surface area (Å²) in [6.07, 6.45) is 0. The van der Waals surface area contributed by atoms with E-state index in [0.29, 0.717) is 46.0 Å². The number of amides is 8. The van der Waals surface area contributed by atoms with E-state index in [-0.39, 0.29) is 22.3 Å². The van der Waals surface area contributed by atoms with Crippen LogP contribution in [0.15, 0.2) is 72.8 Å². The van der Waals surface area contributed by atoms with Crippen LogP contribution in [-0.4, -0.2) is 257 Å². The SMILES string of the molecule is COc1cccc(OC)c1C(=O)N[C@@H]1C(=O)N2[C@@H]1SC(C)(C)[C@@H]2C(=O)O.COc1cccc(OC)c1C(=O)N[C@@H]1C(=O)N2[C@@H]1SC(C)(C)[C@@H]2C(=O)O.COc1cccc(OC)c1C(=O)N[C@@H]1C(=O)N2[C@@H]1SC(C)(C)[C@@H]2C(=O)O.COc1cccc(OC)c1C(=O)N[C@@H]1C(=O)N2[C@@H]1SC(C)(C)[C@@H]2C(=O)O. The molecule has 0 aliphatic carbocycles. The molecule has 0 saturated carbocycles. The lowest BCUT2D eigenvalue weighted by Crippen LogP contribution is -2.70. The van der Waals surface area contributed by atoms with Gasteiger partial charge in [-0.1, -0.05) is 24.3 Å². The predicted octanol–water partition coefficient (Wildman–Crippen LogP) is 3.80. The van der Waals surface area contributed by atoms with Crippen LogP contribution in [0.4, 0.5) is 0 Å². The third-order valence-corrected chi connectivity index (χ3v) is 24.8. The molecule has 8 aliphatic rings. The zero-order chi connectivity index (χ0) is 76.9. The Morgan fingerprint density at radius 3 is 0.577 bits per heavy atom. The van der Waals surface area contributed by atoms with Gasteiger partial charge in [-0.15, -0.1) is 47.0 Å². The second-order valence-electron chi connectivity index (χ2n) is 26.3. The van der Waals surface area contributed by atoms with Crippen LogP contribution in [0, 0.1) is 0 Å². The molecule has 8 heterocycles. The molecular weight excluding hydrogens is 1440 g/mol. The van der Waals surface area contributed by atoms with Crippen molar-refractivity contribution in [3.05, 3.63) is 95.1 Å². The maximum Gasteiger partial charge on any atom is 0.327 e. The summed E-state index contributed by atoms with van der Waals surface area (Å²) in [5.41, 5.74) is 0.781. The van der Waals surface area contributed by atoms with Gasteiger partial charge in [-0.05, 0) is 104 Å². The average molecular weight is 1520 g/mol. The molecule has 12 atom stereocenters. The van der Waals surface area contributed by atoms with Crippen molar-refractivity contribution in [3.63, 3.8) is 0 Å². The molecule has 8 fully saturated rings. The number of thioether (sulfide) groups is 4. The van der Waals surface area contributed by atoms with Crippen LogP contribution in [0.3, 0.4) is 0 Å². The van der Waals surface area contributed by atoms with Crippen LogP contribution in [0.1, 0.15) is 96.8 Å². The second kappa shape index (κ2) is 30.2. The fraction of sp³-hybridized carbons (Fsp3) is 0.471. The number of rotatable bonds is 20. The Morgan fingerprint density at radius 2 is 0.452 bits per heavy atom. The number of hydrogen-bond donors (Lipinski definition) is 8. The van der Waals surface area contributed by atoms with Crippen molar-refractivity contribution < 1.29 is 116 Å². The standard InChI is InChI=1S/4C17H20N2O6S/c4*1-17(2)12(16(22)23)19-14(21)11(15(19)26-17)18-13(20)10-8(24-3)6-5-7-9(10)25-4/h4*5-7,11-12,15H,1-4H3,(H,18,20)(H,22,23)/t4*11-,12+,15-/m1111/s1. The van der Waals surface area contributed by atoms with E-state index in [0.717, 1.165) is 0 Å². The highest BCUT2D eigenvalue weighted by Gasteiger charge is 2.68. The molecule has 0 spiro atoms. The normalized spacial score (nSPS) is 25.9. The lowest BCUT2D eigenvalue weighted by Gasteiger charge is -2.43. The maximum absolute atomic E-state index is 12.8. The zero-order valence-corrected chi connectivity index (χ0v) is 62.5. The topological polar surface area (TPSA) is 421 Å². The minimum Gasteiger partial charge on any atom is -0.496 e. The van der Waals surface area contributed by atoms with Gasteiger partial charge in [-0.3, -0.25) is 38.4 Å². The number of aliphatic carboxylic acids is 4. The molecule has 0 aromatic heterocycles. The van der Waals surface area contributed by atoms with Crippen molar-refractivity contribution in [2.24, 2.45) is 0 Å². The highest BCUT2D eigenvalue weighted by atomic mass is 32.2. The number of nitrogens with zero attached hydrogens (tertiary/aromatic N) is 4. The van der Waals surface area contributed by atoms with Crippen molar-refractivity contribution in [2.75, 3.05) is 56.9 Å². The Balaban J connectivity index is 0.000000161. The minimum atomic E-state index is -1.05. The van der Waals surface area contributed by atoms with E-state index in [1.54, 1.807) is 128 Å². The Hall–Kier alpha value is -9.68. The number of nitrogens with one attached hydrogen (secondary N) is 4. The van der Waals surface area contributed by atoms with Crippen molar-refractivity contribution in [3.8, 4) is 46.0 Å². The van der Waals surface area contributed by atoms with Gasteiger partial charge in [-0.2, -0.15) is 0 Å². The lowest BCUT2D eigenvalue weighted by atomic mass is 9.96. The number of carbonyl (C=O) groups is 12. The van der Waals surface area contributed by atoms with Gasteiger partial charge in [0.2, 0.25) is 23.6 Å². The van der Waals surface area contributed by atoms with Crippen LogP contribution in [0.5, 0.6) is 46.0 Å². The van der Waals surface area contributed by atoms with Crippen molar-refractivity contribution in [1.82, 2.24) is 40.9 Å². The van der Waals surface area contributed by atoms with Gasteiger partial charge in [0, 0.05) is 19.0 Å². The van der Waals surface area contributed by atoms with Gasteiger partial charge < -0.3 is 99.2 Å². The molecule has 8 saturated heterocycles. The summed E-state index contributed by atoms with van der Waals surface area (Å²) in [5, 5.41) is 46.9. The predicted molar refractivity (Wildman–Crippen MR) is 378 cm³/mol. The summed E-state index contributed by atoms with van der Waals surface area (Å²) in [6, 6.07) is 13.0. The van der Waals surface area contributed by atoms with Gasteiger partial charge in [-0.25, -0.2) is 19.2 Å². The fourth-order valence-corrected chi connectivity index (χ4v) is 20.2. The molecule has 32 nitrogen and oxygen atoms in total. The quantitative estimate of drug-likeness (QED) is 0.0583. The van der Waals surface area contributed by atoms with Crippen LogP contribution in [-0.2, 0) is 38.4 Å². The zero-order valence-electron chi connectivity index (χ0n) is 59.2. The average Bonchev–Trinajstić information content (AvgIpc) is 1.58.